The molecule has 6 nitrogen and oxygen atoms in total. The van der Waals surface area contributed by atoms with E-state index in [0.717, 1.165) is 19.4 Å². The summed E-state index contributed by atoms with van der Waals surface area (Å²) in [5, 5.41) is 12.1. The van der Waals surface area contributed by atoms with Crippen molar-refractivity contribution in [1.29, 1.82) is 0 Å². The number of benzene rings is 1. The van der Waals surface area contributed by atoms with Crippen LogP contribution in [0, 0.1) is 11.7 Å². The molecular weight excluding hydrogens is 325 g/mol. The predicted octanol–water partition coefficient (Wildman–Crippen LogP) is 2.30. The Labute approximate surface area is 146 Å². The largest absolute Gasteiger partial charge is 0.481 e. The Bertz CT molecular complexity index is 632. The van der Waals surface area contributed by atoms with Gasteiger partial charge in [-0.3, -0.25) is 4.79 Å². The van der Waals surface area contributed by atoms with E-state index in [1.165, 1.54) is 6.07 Å². The lowest BCUT2D eigenvalue weighted by atomic mass is 9.97. The molecule has 136 valence electrons. The SMILES string of the molecule is O=C(O)C1CCN(C(=O)NC2CCCN(c3ccccc3F)C2)CC1. The fourth-order valence-electron chi connectivity index (χ4n) is 3.62. The summed E-state index contributed by atoms with van der Waals surface area (Å²) in [7, 11) is 0. The monoisotopic (exact) mass is 349 g/mol. The number of piperidine rings is 2. The molecule has 1 aromatic rings. The van der Waals surface area contributed by atoms with E-state index in [9.17, 15) is 14.0 Å². The minimum atomic E-state index is -0.784. The highest BCUT2D eigenvalue weighted by atomic mass is 19.1. The van der Waals surface area contributed by atoms with Crippen LogP contribution in [0.25, 0.3) is 0 Å². The van der Waals surface area contributed by atoms with Gasteiger partial charge in [-0.2, -0.15) is 0 Å². The standard InChI is InChI=1S/C18H24FN3O3/c19-15-5-1-2-6-16(15)22-9-3-4-14(12-22)20-18(25)21-10-7-13(8-11-21)17(23)24/h1-2,5-6,13-14H,3-4,7-12H2,(H,20,25)(H,23,24). The molecular formula is C18H24FN3O3. The molecule has 3 rings (SSSR count). The summed E-state index contributed by atoms with van der Waals surface area (Å²) < 4.78 is 14.0. The smallest absolute Gasteiger partial charge is 0.317 e. The number of carboxylic acids is 1. The van der Waals surface area contributed by atoms with Crippen molar-refractivity contribution in [3.8, 4) is 0 Å². The van der Waals surface area contributed by atoms with E-state index in [-0.39, 0.29) is 23.8 Å². The van der Waals surface area contributed by atoms with E-state index in [2.05, 4.69) is 5.32 Å². The van der Waals surface area contributed by atoms with Gasteiger partial charge in [0.15, 0.2) is 0 Å². The second-order valence-corrected chi connectivity index (χ2v) is 6.79. The van der Waals surface area contributed by atoms with Crippen LogP contribution in [-0.4, -0.2) is 54.2 Å². The molecule has 1 atom stereocenters. The molecule has 0 saturated carbocycles. The molecule has 25 heavy (non-hydrogen) atoms. The van der Waals surface area contributed by atoms with Gasteiger partial charge in [0.05, 0.1) is 11.6 Å². The molecule has 1 aromatic carbocycles. The fourth-order valence-corrected chi connectivity index (χ4v) is 3.62. The van der Waals surface area contributed by atoms with Crippen LogP contribution in [0.3, 0.4) is 0 Å². The van der Waals surface area contributed by atoms with Crippen LogP contribution in [0.4, 0.5) is 14.9 Å². The fraction of sp³-hybridized carbons (Fsp3) is 0.556. The summed E-state index contributed by atoms with van der Waals surface area (Å²) in [5.74, 6) is -1.38. The molecule has 2 N–H and O–H groups in total. The highest BCUT2D eigenvalue weighted by Gasteiger charge is 2.29. The molecule has 7 heteroatoms. The minimum absolute atomic E-state index is 0.0296. The number of para-hydroxylation sites is 1. The predicted molar refractivity (Wildman–Crippen MR) is 92.1 cm³/mol. The van der Waals surface area contributed by atoms with Gasteiger partial charge in [-0.25, -0.2) is 9.18 Å². The minimum Gasteiger partial charge on any atom is -0.481 e. The van der Waals surface area contributed by atoms with E-state index in [4.69, 9.17) is 5.11 Å². The average molecular weight is 349 g/mol. The number of amides is 2. The summed E-state index contributed by atoms with van der Waals surface area (Å²) in [5.41, 5.74) is 0.573. The zero-order chi connectivity index (χ0) is 17.8. The summed E-state index contributed by atoms with van der Waals surface area (Å²) in [6.07, 6.45) is 2.74. The van der Waals surface area contributed by atoms with Gasteiger partial charge >= 0.3 is 12.0 Å². The number of rotatable bonds is 3. The van der Waals surface area contributed by atoms with E-state index in [1.807, 2.05) is 11.0 Å². The number of carboxylic acid groups (broad SMARTS) is 1. The molecule has 0 spiro atoms. The summed E-state index contributed by atoms with van der Waals surface area (Å²) in [4.78, 5) is 27.1. The van der Waals surface area contributed by atoms with Crippen LogP contribution in [-0.2, 0) is 4.79 Å². The van der Waals surface area contributed by atoms with Gasteiger partial charge in [-0.1, -0.05) is 12.1 Å². The lowest BCUT2D eigenvalue weighted by Gasteiger charge is -2.37. The van der Waals surface area contributed by atoms with Crippen molar-refractivity contribution in [2.75, 3.05) is 31.1 Å². The zero-order valence-electron chi connectivity index (χ0n) is 14.2. The van der Waals surface area contributed by atoms with Gasteiger partial charge in [0.1, 0.15) is 5.82 Å². The van der Waals surface area contributed by atoms with Crippen LogP contribution in [0.1, 0.15) is 25.7 Å². The normalized spacial score (nSPS) is 21.9. The van der Waals surface area contributed by atoms with Crippen molar-refractivity contribution >= 4 is 17.7 Å². The molecule has 2 amide bonds. The third-order valence-corrected chi connectivity index (χ3v) is 5.07. The number of carbonyl (C=O) groups is 2. The van der Waals surface area contributed by atoms with E-state index >= 15 is 0 Å². The van der Waals surface area contributed by atoms with Crippen LogP contribution in [0.2, 0.25) is 0 Å². The Morgan fingerprint density at radius 3 is 2.52 bits per heavy atom. The first-order valence-electron chi connectivity index (χ1n) is 8.82. The van der Waals surface area contributed by atoms with E-state index in [0.29, 0.717) is 38.2 Å². The number of aliphatic carboxylic acids is 1. The van der Waals surface area contributed by atoms with Gasteiger partial charge in [-0.05, 0) is 37.8 Å². The molecule has 2 saturated heterocycles. The van der Waals surface area contributed by atoms with Gasteiger partial charge in [0, 0.05) is 32.2 Å². The Balaban J connectivity index is 1.53. The maximum Gasteiger partial charge on any atom is 0.317 e. The summed E-state index contributed by atoms with van der Waals surface area (Å²) in [6, 6.07) is 6.51. The molecule has 0 aliphatic carbocycles. The number of halogens is 1. The first kappa shape index (κ1) is 17.5. The van der Waals surface area contributed by atoms with Gasteiger partial charge in [0.25, 0.3) is 0 Å². The third kappa shape index (κ3) is 4.21. The quantitative estimate of drug-likeness (QED) is 0.878. The molecule has 2 aliphatic heterocycles. The summed E-state index contributed by atoms with van der Waals surface area (Å²) in [6.45, 7) is 2.29. The number of hydrogen-bond donors (Lipinski definition) is 2. The lowest BCUT2D eigenvalue weighted by molar-refractivity contribution is -0.143. The Morgan fingerprint density at radius 2 is 1.84 bits per heavy atom. The van der Waals surface area contributed by atoms with Crippen molar-refractivity contribution < 1.29 is 19.1 Å². The van der Waals surface area contributed by atoms with E-state index in [1.54, 1.807) is 17.0 Å². The molecule has 0 aromatic heterocycles. The highest BCUT2D eigenvalue weighted by Crippen LogP contribution is 2.23. The van der Waals surface area contributed by atoms with Crippen LogP contribution in [0.15, 0.2) is 24.3 Å². The number of likely N-dealkylation sites (tertiary alicyclic amines) is 1. The van der Waals surface area contributed by atoms with Crippen LogP contribution < -0.4 is 10.2 Å². The second kappa shape index (κ2) is 7.72. The number of nitrogens with one attached hydrogen (secondary N) is 1. The molecule has 0 bridgehead atoms. The number of carbonyl (C=O) groups excluding carboxylic acids is 1. The number of urea groups is 1. The maximum atomic E-state index is 14.0. The molecule has 2 aliphatic rings. The maximum absolute atomic E-state index is 14.0. The Kier molecular flexibility index (Phi) is 5.40. The number of nitrogens with zero attached hydrogens (tertiary/aromatic N) is 2. The zero-order valence-corrected chi connectivity index (χ0v) is 14.2. The molecule has 1 unspecified atom stereocenters. The number of anilines is 1. The van der Waals surface area contributed by atoms with Gasteiger partial charge in [-0.15, -0.1) is 0 Å². The van der Waals surface area contributed by atoms with Crippen LogP contribution in [0.5, 0.6) is 0 Å². The van der Waals surface area contributed by atoms with Crippen molar-refractivity contribution in [2.45, 2.75) is 31.7 Å². The average Bonchev–Trinajstić information content (AvgIpc) is 2.62. The molecule has 0 radical (unpaired) electrons. The van der Waals surface area contributed by atoms with Crippen LogP contribution >= 0.6 is 0 Å². The summed E-state index contributed by atoms with van der Waals surface area (Å²) >= 11 is 0. The Morgan fingerprint density at radius 1 is 1.12 bits per heavy atom. The third-order valence-electron chi connectivity index (χ3n) is 5.07. The highest BCUT2D eigenvalue weighted by molar-refractivity contribution is 5.75. The van der Waals surface area contributed by atoms with Gasteiger partial charge in [0.2, 0.25) is 0 Å². The van der Waals surface area contributed by atoms with Crippen molar-refractivity contribution in [1.82, 2.24) is 10.2 Å². The Hall–Kier alpha value is -2.31. The van der Waals surface area contributed by atoms with Crippen molar-refractivity contribution in [3.05, 3.63) is 30.1 Å². The van der Waals surface area contributed by atoms with Crippen molar-refractivity contribution in [2.24, 2.45) is 5.92 Å². The first-order chi connectivity index (χ1) is 12.0. The first-order valence-corrected chi connectivity index (χ1v) is 8.82. The second-order valence-electron chi connectivity index (χ2n) is 6.79. The molecule has 2 heterocycles. The topological polar surface area (TPSA) is 72.9 Å². The van der Waals surface area contributed by atoms with E-state index < -0.39 is 5.97 Å². The lowest BCUT2D eigenvalue weighted by Crippen LogP contribution is -2.53. The van der Waals surface area contributed by atoms with Gasteiger partial charge < -0.3 is 20.2 Å². The molecule has 2 fully saturated rings. The van der Waals surface area contributed by atoms with Crippen molar-refractivity contribution in [3.63, 3.8) is 0 Å². The number of hydrogen-bond acceptors (Lipinski definition) is 3.